The summed E-state index contributed by atoms with van der Waals surface area (Å²) in [7, 11) is 0. The Kier molecular flexibility index (Phi) is 5.02. The quantitative estimate of drug-likeness (QED) is 0.707. The number of hydrogen-bond acceptors (Lipinski definition) is 4. The second kappa shape index (κ2) is 6.77. The summed E-state index contributed by atoms with van der Waals surface area (Å²) in [5.74, 6) is 0.741. The van der Waals surface area contributed by atoms with Crippen molar-refractivity contribution >= 4 is 6.01 Å². The van der Waals surface area contributed by atoms with Crippen LogP contribution >= 0.6 is 0 Å². The van der Waals surface area contributed by atoms with Gasteiger partial charge in [0.05, 0.1) is 25.8 Å². The Labute approximate surface area is 104 Å². The second-order valence-corrected chi connectivity index (χ2v) is 4.89. The van der Waals surface area contributed by atoms with Crippen LogP contribution < -0.4 is 0 Å². The van der Waals surface area contributed by atoms with Crippen LogP contribution in [-0.4, -0.2) is 43.4 Å². The molecule has 1 saturated heterocycles. The standard InChI is InChI=1S/C13H23N3O/c1-2-14-11-15-16-8-9-17-13(10-16)12-6-4-3-5-7-12/h12-13H,2-10H2,1H3. The first-order valence-corrected chi connectivity index (χ1v) is 6.89. The van der Waals surface area contributed by atoms with Gasteiger partial charge in [-0.25, -0.2) is 4.99 Å². The maximum atomic E-state index is 5.89. The van der Waals surface area contributed by atoms with Gasteiger partial charge in [-0.15, -0.1) is 5.10 Å². The molecule has 1 atom stereocenters. The first-order valence-electron chi connectivity index (χ1n) is 6.89. The third kappa shape index (κ3) is 3.83. The maximum Gasteiger partial charge on any atom is 0.114 e. The predicted molar refractivity (Wildman–Crippen MR) is 68.3 cm³/mol. The summed E-state index contributed by atoms with van der Waals surface area (Å²) in [6, 6.07) is 2.75. The fourth-order valence-corrected chi connectivity index (χ4v) is 2.71. The summed E-state index contributed by atoms with van der Waals surface area (Å²) in [5.41, 5.74) is 0. The van der Waals surface area contributed by atoms with Crippen molar-refractivity contribution in [3.63, 3.8) is 0 Å². The molecule has 1 aliphatic carbocycles. The molecule has 4 nitrogen and oxygen atoms in total. The Morgan fingerprint density at radius 3 is 2.88 bits per heavy atom. The lowest BCUT2D eigenvalue weighted by Gasteiger charge is -2.36. The number of morpholine rings is 1. The molecular weight excluding hydrogens is 214 g/mol. The lowest BCUT2D eigenvalue weighted by Crippen LogP contribution is -2.43. The first kappa shape index (κ1) is 12.6. The molecule has 0 aromatic heterocycles. The molecule has 1 aliphatic heterocycles. The van der Waals surface area contributed by atoms with E-state index < -0.39 is 0 Å². The highest BCUT2D eigenvalue weighted by atomic mass is 16.5. The molecule has 0 N–H and O–H groups in total. The van der Waals surface area contributed by atoms with Gasteiger partial charge < -0.3 is 4.74 Å². The van der Waals surface area contributed by atoms with E-state index in [4.69, 9.17) is 4.74 Å². The monoisotopic (exact) mass is 237 g/mol. The molecule has 0 spiro atoms. The number of hydrazone groups is 1. The van der Waals surface area contributed by atoms with Gasteiger partial charge in [-0.1, -0.05) is 19.3 Å². The van der Waals surface area contributed by atoms with E-state index in [2.05, 4.69) is 21.1 Å². The Morgan fingerprint density at radius 2 is 2.12 bits per heavy atom. The van der Waals surface area contributed by atoms with Crippen LogP contribution in [0.5, 0.6) is 0 Å². The van der Waals surface area contributed by atoms with Crippen molar-refractivity contribution in [3.8, 4) is 0 Å². The van der Waals surface area contributed by atoms with E-state index in [1.54, 1.807) is 0 Å². The van der Waals surface area contributed by atoms with Crippen LogP contribution in [-0.2, 0) is 4.74 Å². The molecule has 0 amide bonds. The number of ether oxygens (including phenoxy) is 1. The van der Waals surface area contributed by atoms with Crippen LogP contribution in [0.25, 0.3) is 0 Å². The molecule has 0 radical (unpaired) electrons. The zero-order valence-corrected chi connectivity index (χ0v) is 10.8. The molecule has 2 rings (SSSR count). The van der Waals surface area contributed by atoms with E-state index in [9.17, 15) is 0 Å². The summed E-state index contributed by atoms with van der Waals surface area (Å²) in [5, 5.41) is 6.31. The normalized spacial score (nSPS) is 26.4. The van der Waals surface area contributed by atoms with Crippen LogP contribution in [0.1, 0.15) is 39.0 Å². The summed E-state index contributed by atoms with van der Waals surface area (Å²) >= 11 is 0. The summed E-state index contributed by atoms with van der Waals surface area (Å²) in [6.45, 7) is 5.32. The summed E-state index contributed by atoms with van der Waals surface area (Å²) < 4.78 is 5.89. The number of hydrogen-bond donors (Lipinski definition) is 0. The molecule has 17 heavy (non-hydrogen) atoms. The first-order chi connectivity index (χ1) is 8.40. The van der Waals surface area contributed by atoms with Crippen LogP contribution in [0.2, 0.25) is 0 Å². The van der Waals surface area contributed by atoms with Crippen molar-refractivity contribution in [2.75, 3.05) is 26.2 Å². The smallest absolute Gasteiger partial charge is 0.114 e. The predicted octanol–water partition coefficient (Wildman–Crippen LogP) is 2.38. The van der Waals surface area contributed by atoms with Crippen molar-refractivity contribution < 1.29 is 4.74 Å². The van der Waals surface area contributed by atoms with Crippen molar-refractivity contribution in [1.82, 2.24) is 5.01 Å². The summed E-state index contributed by atoms with van der Waals surface area (Å²) in [4.78, 5) is 4.00. The third-order valence-corrected chi connectivity index (χ3v) is 3.66. The highest BCUT2D eigenvalue weighted by Crippen LogP contribution is 2.29. The number of nitrogens with zero attached hydrogens (tertiary/aromatic N) is 3. The van der Waals surface area contributed by atoms with Crippen molar-refractivity contribution in [2.24, 2.45) is 16.0 Å². The van der Waals surface area contributed by atoms with Crippen LogP contribution in [0.3, 0.4) is 0 Å². The van der Waals surface area contributed by atoms with E-state index >= 15 is 0 Å². The van der Waals surface area contributed by atoms with Gasteiger partial charge in [0.1, 0.15) is 6.01 Å². The van der Waals surface area contributed by atoms with E-state index in [0.29, 0.717) is 6.10 Å². The van der Waals surface area contributed by atoms with Crippen LogP contribution in [0.15, 0.2) is 10.1 Å². The molecule has 96 valence electrons. The minimum Gasteiger partial charge on any atom is -0.374 e. The molecule has 0 aromatic rings. The molecule has 2 fully saturated rings. The zero-order valence-electron chi connectivity index (χ0n) is 10.8. The molecule has 1 saturated carbocycles. The molecule has 1 unspecified atom stereocenters. The van der Waals surface area contributed by atoms with E-state index in [0.717, 1.165) is 32.2 Å². The third-order valence-electron chi connectivity index (χ3n) is 3.66. The average Bonchev–Trinajstić information content (AvgIpc) is 2.41. The van der Waals surface area contributed by atoms with E-state index in [1.807, 2.05) is 6.92 Å². The van der Waals surface area contributed by atoms with Gasteiger partial charge >= 0.3 is 0 Å². The molecule has 0 aromatic carbocycles. The SMILES string of the molecule is CCN=C=NN1CCOC(C2CCCCC2)C1. The average molecular weight is 237 g/mol. The van der Waals surface area contributed by atoms with Crippen molar-refractivity contribution in [3.05, 3.63) is 0 Å². The molecule has 2 aliphatic rings. The summed E-state index contributed by atoms with van der Waals surface area (Å²) in [6.07, 6.45) is 7.15. The second-order valence-electron chi connectivity index (χ2n) is 4.89. The maximum absolute atomic E-state index is 5.89. The van der Waals surface area contributed by atoms with Crippen LogP contribution in [0.4, 0.5) is 0 Å². The highest BCUT2D eigenvalue weighted by molar-refractivity contribution is 5.40. The highest BCUT2D eigenvalue weighted by Gasteiger charge is 2.28. The van der Waals surface area contributed by atoms with E-state index in [1.165, 1.54) is 32.1 Å². The lowest BCUT2D eigenvalue weighted by atomic mass is 9.85. The zero-order chi connectivity index (χ0) is 11.9. The van der Waals surface area contributed by atoms with Gasteiger partial charge in [0.2, 0.25) is 0 Å². The van der Waals surface area contributed by atoms with Crippen molar-refractivity contribution in [1.29, 1.82) is 0 Å². The van der Waals surface area contributed by atoms with Crippen molar-refractivity contribution in [2.45, 2.75) is 45.1 Å². The van der Waals surface area contributed by atoms with Gasteiger partial charge in [0, 0.05) is 6.54 Å². The topological polar surface area (TPSA) is 37.2 Å². The molecular formula is C13H23N3O. The minimum absolute atomic E-state index is 0.372. The fourth-order valence-electron chi connectivity index (χ4n) is 2.71. The lowest BCUT2D eigenvalue weighted by molar-refractivity contribution is -0.0639. The molecule has 0 bridgehead atoms. The van der Waals surface area contributed by atoms with Gasteiger partial charge in [-0.2, -0.15) is 0 Å². The minimum atomic E-state index is 0.372. The van der Waals surface area contributed by atoms with E-state index in [-0.39, 0.29) is 0 Å². The van der Waals surface area contributed by atoms with Gasteiger partial charge in [0.25, 0.3) is 0 Å². The number of rotatable bonds is 3. The molecule has 1 heterocycles. The Bertz CT molecular complexity index is 280. The van der Waals surface area contributed by atoms with Gasteiger partial charge in [-0.05, 0) is 25.7 Å². The Balaban J connectivity index is 1.85. The Hall–Kier alpha value is -0.860. The molecule has 4 heteroatoms. The largest absolute Gasteiger partial charge is 0.374 e. The van der Waals surface area contributed by atoms with Crippen LogP contribution in [0, 0.1) is 5.92 Å². The fraction of sp³-hybridized carbons (Fsp3) is 0.923. The van der Waals surface area contributed by atoms with Gasteiger partial charge in [-0.3, -0.25) is 5.01 Å². The number of aliphatic imine (C=N–C) groups is 1. The Morgan fingerprint density at radius 1 is 1.29 bits per heavy atom. The van der Waals surface area contributed by atoms with Gasteiger partial charge in [0.15, 0.2) is 0 Å².